The summed E-state index contributed by atoms with van der Waals surface area (Å²) >= 11 is 4.82. The fourth-order valence-electron chi connectivity index (χ4n) is 1.06. The largest absolute Gasteiger partial charge is 0.477 e. The van der Waals surface area contributed by atoms with E-state index in [0.29, 0.717) is 5.69 Å². The van der Waals surface area contributed by atoms with Gasteiger partial charge in [-0.1, -0.05) is 0 Å². The Kier molecular flexibility index (Phi) is 2.79. The van der Waals surface area contributed by atoms with Gasteiger partial charge in [-0.05, 0) is 28.1 Å². The highest BCUT2D eigenvalue weighted by atomic mass is 79.9. The highest BCUT2D eigenvalue weighted by molar-refractivity contribution is 9.10. The van der Waals surface area contributed by atoms with Crippen molar-refractivity contribution < 1.29 is 9.90 Å². The number of aromatic nitrogens is 2. The fourth-order valence-corrected chi connectivity index (χ4v) is 2.45. The average molecular weight is 285 g/mol. The van der Waals surface area contributed by atoms with Gasteiger partial charge in [-0.25, -0.2) is 14.8 Å². The van der Waals surface area contributed by atoms with Gasteiger partial charge in [0, 0.05) is 9.85 Å². The Morgan fingerprint density at radius 1 is 1.40 bits per heavy atom. The molecule has 0 spiro atoms. The summed E-state index contributed by atoms with van der Waals surface area (Å²) in [5.41, 5.74) is 0.627. The maximum absolute atomic E-state index is 10.7. The summed E-state index contributed by atoms with van der Waals surface area (Å²) in [6.45, 7) is 0. The molecule has 76 valence electrons. The molecule has 4 nitrogen and oxygen atoms in total. The standard InChI is InChI=1S/C9H5BrN2O2S/c10-5-1-8(15-3-5)6-2-7(9(13)14)12-4-11-6/h1-4H,(H,13,14). The number of rotatable bonds is 2. The topological polar surface area (TPSA) is 63.1 Å². The van der Waals surface area contributed by atoms with E-state index in [1.54, 1.807) is 0 Å². The molecule has 15 heavy (non-hydrogen) atoms. The van der Waals surface area contributed by atoms with Crippen LogP contribution in [0.15, 0.2) is 28.3 Å². The van der Waals surface area contributed by atoms with Crippen molar-refractivity contribution >= 4 is 33.2 Å². The highest BCUT2D eigenvalue weighted by Gasteiger charge is 2.08. The highest BCUT2D eigenvalue weighted by Crippen LogP contribution is 2.28. The molecule has 1 N–H and O–H groups in total. The molecule has 2 aromatic rings. The second-order valence-corrected chi connectivity index (χ2v) is 4.55. The van der Waals surface area contributed by atoms with E-state index in [-0.39, 0.29) is 5.69 Å². The van der Waals surface area contributed by atoms with E-state index in [9.17, 15) is 4.79 Å². The van der Waals surface area contributed by atoms with Crippen LogP contribution in [0.4, 0.5) is 0 Å². The average Bonchev–Trinajstić information content (AvgIpc) is 2.65. The van der Waals surface area contributed by atoms with Crippen molar-refractivity contribution in [2.24, 2.45) is 0 Å². The van der Waals surface area contributed by atoms with Crippen LogP contribution < -0.4 is 0 Å². The molecule has 0 radical (unpaired) electrons. The Morgan fingerprint density at radius 3 is 2.80 bits per heavy atom. The number of nitrogens with zero attached hydrogens (tertiary/aromatic N) is 2. The van der Waals surface area contributed by atoms with Crippen LogP contribution in [0.5, 0.6) is 0 Å². The molecule has 0 aromatic carbocycles. The molecule has 0 atom stereocenters. The first-order valence-electron chi connectivity index (χ1n) is 3.96. The van der Waals surface area contributed by atoms with Gasteiger partial charge in [-0.3, -0.25) is 0 Å². The van der Waals surface area contributed by atoms with Crippen molar-refractivity contribution in [3.8, 4) is 10.6 Å². The minimum atomic E-state index is -1.05. The van der Waals surface area contributed by atoms with Gasteiger partial charge in [0.15, 0.2) is 5.69 Å². The monoisotopic (exact) mass is 284 g/mol. The molecule has 0 fully saturated rings. The van der Waals surface area contributed by atoms with Gasteiger partial charge in [0.25, 0.3) is 0 Å². The van der Waals surface area contributed by atoms with E-state index in [1.165, 1.54) is 23.7 Å². The smallest absolute Gasteiger partial charge is 0.354 e. The molecule has 0 aliphatic rings. The first kappa shape index (κ1) is 10.3. The van der Waals surface area contributed by atoms with Gasteiger partial charge in [0.05, 0.1) is 10.6 Å². The zero-order valence-electron chi connectivity index (χ0n) is 7.35. The van der Waals surface area contributed by atoms with Gasteiger partial charge in [0.1, 0.15) is 6.33 Å². The van der Waals surface area contributed by atoms with Crippen LogP contribution >= 0.6 is 27.3 Å². The number of halogens is 1. The van der Waals surface area contributed by atoms with E-state index in [4.69, 9.17) is 5.11 Å². The van der Waals surface area contributed by atoms with E-state index >= 15 is 0 Å². The van der Waals surface area contributed by atoms with Crippen LogP contribution in [-0.2, 0) is 0 Å². The number of aromatic carboxylic acids is 1. The summed E-state index contributed by atoms with van der Waals surface area (Å²) in [7, 11) is 0. The molecule has 0 bridgehead atoms. The molecule has 0 unspecified atom stereocenters. The molecule has 0 saturated heterocycles. The lowest BCUT2D eigenvalue weighted by Gasteiger charge is -1.96. The lowest BCUT2D eigenvalue weighted by Crippen LogP contribution is -2.00. The summed E-state index contributed by atoms with van der Waals surface area (Å²) in [6, 6.07) is 3.35. The third-order valence-electron chi connectivity index (χ3n) is 1.71. The van der Waals surface area contributed by atoms with Crippen LogP contribution in [0.25, 0.3) is 10.6 Å². The number of carbonyl (C=O) groups is 1. The molecular weight excluding hydrogens is 280 g/mol. The third kappa shape index (κ3) is 2.21. The molecular formula is C9H5BrN2O2S. The summed E-state index contributed by atoms with van der Waals surface area (Å²) in [5, 5.41) is 10.7. The van der Waals surface area contributed by atoms with Crippen molar-refractivity contribution in [1.82, 2.24) is 9.97 Å². The SMILES string of the molecule is O=C(O)c1cc(-c2cc(Br)cs2)ncn1. The van der Waals surface area contributed by atoms with E-state index < -0.39 is 5.97 Å². The predicted molar refractivity (Wildman–Crippen MR) is 60.0 cm³/mol. The van der Waals surface area contributed by atoms with Crippen molar-refractivity contribution in [3.05, 3.63) is 34.0 Å². The summed E-state index contributed by atoms with van der Waals surface area (Å²) < 4.78 is 0.956. The third-order valence-corrected chi connectivity index (χ3v) is 3.42. The van der Waals surface area contributed by atoms with E-state index in [1.807, 2.05) is 11.4 Å². The zero-order valence-corrected chi connectivity index (χ0v) is 9.75. The van der Waals surface area contributed by atoms with Gasteiger partial charge < -0.3 is 5.11 Å². The Labute approximate surface area is 97.8 Å². The molecule has 2 rings (SSSR count). The normalized spacial score (nSPS) is 10.2. The van der Waals surface area contributed by atoms with Crippen LogP contribution in [0.2, 0.25) is 0 Å². The van der Waals surface area contributed by atoms with Gasteiger partial charge >= 0.3 is 5.97 Å². The first-order valence-corrected chi connectivity index (χ1v) is 5.64. The van der Waals surface area contributed by atoms with E-state index in [0.717, 1.165) is 9.35 Å². The van der Waals surface area contributed by atoms with Crippen molar-refractivity contribution in [2.75, 3.05) is 0 Å². The van der Waals surface area contributed by atoms with Gasteiger partial charge in [-0.2, -0.15) is 0 Å². The molecule has 2 heterocycles. The summed E-state index contributed by atoms with van der Waals surface area (Å²) in [4.78, 5) is 19.3. The number of thiophene rings is 1. The molecule has 0 aliphatic carbocycles. The number of carboxylic acid groups (broad SMARTS) is 1. The lowest BCUT2D eigenvalue weighted by molar-refractivity contribution is 0.0690. The summed E-state index contributed by atoms with van der Waals surface area (Å²) in [6.07, 6.45) is 1.26. The molecule has 6 heteroatoms. The molecule has 2 aromatic heterocycles. The van der Waals surface area contributed by atoms with Crippen LogP contribution in [-0.4, -0.2) is 21.0 Å². The number of hydrogen-bond donors (Lipinski definition) is 1. The lowest BCUT2D eigenvalue weighted by atomic mass is 10.3. The van der Waals surface area contributed by atoms with Crippen LogP contribution in [0, 0.1) is 0 Å². The maximum atomic E-state index is 10.7. The van der Waals surface area contributed by atoms with Crippen molar-refractivity contribution in [2.45, 2.75) is 0 Å². The number of carboxylic acids is 1. The summed E-state index contributed by atoms with van der Waals surface area (Å²) in [5.74, 6) is -1.05. The Balaban J connectivity index is 2.45. The predicted octanol–water partition coefficient (Wildman–Crippen LogP) is 2.67. The van der Waals surface area contributed by atoms with Crippen LogP contribution in [0.3, 0.4) is 0 Å². The Hall–Kier alpha value is -1.27. The molecule has 0 aliphatic heterocycles. The van der Waals surface area contributed by atoms with Crippen molar-refractivity contribution in [1.29, 1.82) is 0 Å². The number of hydrogen-bond acceptors (Lipinski definition) is 4. The fraction of sp³-hybridized carbons (Fsp3) is 0. The van der Waals surface area contributed by atoms with Crippen LogP contribution in [0.1, 0.15) is 10.5 Å². The molecule has 0 amide bonds. The Morgan fingerprint density at radius 2 is 2.20 bits per heavy atom. The van der Waals surface area contributed by atoms with Gasteiger partial charge in [0.2, 0.25) is 0 Å². The minimum Gasteiger partial charge on any atom is -0.477 e. The second kappa shape index (κ2) is 4.08. The second-order valence-electron chi connectivity index (χ2n) is 2.72. The maximum Gasteiger partial charge on any atom is 0.354 e. The van der Waals surface area contributed by atoms with E-state index in [2.05, 4.69) is 25.9 Å². The van der Waals surface area contributed by atoms with Gasteiger partial charge in [-0.15, -0.1) is 11.3 Å². The quantitative estimate of drug-likeness (QED) is 0.921. The minimum absolute atomic E-state index is 0.00419. The first-order chi connectivity index (χ1) is 7.16. The Bertz CT molecular complexity index is 512. The van der Waals surface area contributed by atoms with Crippen molar-refractivity contribution in [3.63, 3.8) is 0 Å². The zero-order chi connectivity index (χ0) is 10.8. The molecule has 0 saturated carbocycles.